The Balaban J connectivity index is 0.00000267. The van der Waals surface area contributed by atoms with Gasteiger partial charge in [0.25, 0.3) is 5.56 Å². The van der Waals surface area contributed by atoms with Crippen LogP contribution in [-0.4, -0.2) is 31.8 Å². The Morgan fingerprint density at radius 2 is 1.89 bits per heavy atom. The largest absolute Gasteiger partial charge is 0.389 e. The number of rotatable bonds is 7. The van der Waals surface area contributed by atoms with Crippen LogP contribution >= 0.6 is 12.4 Å². The zero-order valence-electron chi connectivity index (χ0n) is 20.8. The van der Waals surface area contributed by atoms with E-state index in [9.17, 15) is 9.59 Å². The predicted octanol–water partition coefficient (Wildman–Crippen LogP) is 3.60. The molecule has 0 radical (unpaired) electrons. The number of anilines is 1. The maximum Gasteiger partial charge on any atom is 0.333 e. The average molecular weight is 509 g/mol. The van der Waals surface area contributed by atoms with Crippen molar-refractivity contribution in [2.24, 2.45) is 5.92 Å². The number of imidazole rings is 1. The summed E-state index contributed by atoms with van der Waals surface area (Å²) in [7, 11) is 0. The Labute approximate surface area is 216 Å². The summed E-state index contributed by atoms with van der Waals surface area (Å²) in [5.74, 6) is 1.24. The van der Waals surface area contributed by atoms with E-state index in [0.29, 0.717) is 36.6 Å². The first-order valence-corrected chi connectivity index (χ1v) is 12.7. The van der Waals surface area contributed by atoms with E-state index < -0.39 is 0 Å². The fourth-order valence-electron chi connectivity index (χ4n) is 5.35. The predicted molar refractivity (Wildman–Crippen MR) is 145 cm³/mol. The summed E-state index contributed by atoms with van der Waals surface area (Å²) in [6, 6.07) is 10.1. The lowest BCUT2D eigenvalue weighted by atomic mass is 10.1. The number of aromatic nitrogens is 4. The molecule has 190 valence electrons. The quantitative estimate of drug-likeness (QED) is 0.493. The number of nitrogens with zero attached hydrogens (tertiary/aromatic N) is 5. The third kappa shape index (κ3) is 4.17. The fourth-order valence-corrected chi connectivity index (χ4v) is 5.35. The highest BCUT2D eigenvalue weighted by Crippen LogP contribution is 2.38. The molecule has 1 N–H and O–H groups in total. The van der Waals surface area contributed by atoms with E-state index in [-0.39, 0.29) is 29.7 Å². The second-order valence-corrected chi connectivity index (χ2v) is 10.2. The average Bonchev–Trinajstić information content (AvgIpc) is 3.25. The number of benzene rings is 1. The normalized spacial score (nSPS) is 18.6. The topological polar surface area (TPSA) is 77.1 Å². The molecule has 1 atom stereocenters. The van der Waals surface area contributed by atoms with Crippen LogP contribution in [0.3, 0.4) is 0 Å². The van der Waals surface area contributed by atoms with Gasteiger partial charge in [-0.05, 0) is 45.1 Å². The molecule has 0 amide bonds. The van der Waals surface area contributed by atoms with Crippen LogP contribution in [0.4, 0.5) is 5.95 Å². The van der Waals surface area contributed by atoms with Crippen molar-refractivity contribution in [3.05, 3.63) is 80.3 Å². The van der Waals surface area contributed by atoms with Crippen LogP contribution in [0.15, 0.2) is 63.5 Å². The van der Waals surface area contributed by atoms with Gasteiger partial charge in [0.05, 0.1) is 0 Å². The Morgan fingerprint density at radius 1 is 1.11 bits per heavy atom. The van der Waals surface area contributed by atoms with E-state index in [1.807, 2.05) is 34.9 Å². The number of nitrogens with one attached hydrogen (secondary N) is 1. The molecule has 3 aromatic rings. The lowest BCUT2D eigenvalue weighted by Gasteiger charge is -2.19. The first-order chi connectivity index (χ1) is 17.0. The van der Waals surface area contributed by atoms with Crippen molar-refractivity contribution in [1.82, 2.24) is 24.0 Å². The number of halogens is 1. The van der Waals surface area contributed by atoms with E-state index in [4.69, 9.17) is 4.98 Å². The van der Waals surface area contributed by atoms with Crippen molar-refractivity contribution in [3.63, 3.8) is 0 Å². The molecule has 8 nitrogen and oxygen atoms in total. The molecule has 9 heteroatoms. The van der Waals surface area contributed by atoms with Crippen molar-refractivity contribution in [2.45, 2.75) is 58.7 Å². The molecule has 1 aromatic carbocycles. The zero-order valence-corrected chi connectivity index (χ0v) is 21.6. The number of allylic oxidation sites excluding steroid dienone is 2. The number of aryl methyl sites for hydroxylation is 1. The van der Waals surface area contributed by atoms with Crippen LogP contribution < -0.4 is 21.5 Å². The summed E-state index contributed by atoms with van der Waals surface area (Å²) in [5.41, 5.74) is 4.10. The zero-order chi connectivity index (χ0) is 24.1. The smallest absolute Gasteiger partial charge is 0.333 e. The minimum Gasteiger partial charge on any atom is -0.389 e. The van der Waals surface area contributed by atoms with Gasteiger partial charge < -0.3 is 14.8 Å². The summed E-state index contributed by atoms with van der Waals surface area (Å²) >= 11 is 0. The van der Waals surface area contributed by atoms with Crippen LogP contribution in [0.1, 0.15) is 44.7 Å². The number of hydrogen-bond donors (Lipinski definition) is 1. The summed E-state index contributed by atoms with van der Waals surface area (Å²) < 4.78 is 5.25. The van der Waals surface area contributed by atoms with Gasteiger partial charge in [0.2, 0.25) is 5.95 Å². The van der Waals surface area contributed by atoms with E-state index in [2.05, 4.69) is 36.3 Å². The van der Waals surface area contributed by atoms with E-state index >= 15 is 0 Å². The van der Waals surface area contributed by atoms with Gasteiger partial charge in [0.1, 0.15) is 0 Å². The van der Waals surface area contributed by atoms with Crippen LogP contribution in [0.5, 0.6) is 0 Å². The molecular weight excluding hydrogens is 476 g/mol. The highest BCUT2D eigenvalue weighted by molar-refractivity contribution is 5.85. The third-order valence-electron chi connectivity index (χ3n) is 7.39. The summed E-state index contributed by atoms with van der Waals surface area (Å²) in [5, 5.41) is 3.36. The van der Waals surface area contributed by atoms with Gasteiger partial charge in [-0.1, -0.05) is 42.0 Å². The lowest BCUT2D eigenvalue weighted by Crippen LogP contribution is -2.41. The lowest BCUT2D eigenvalue weighted by molar-refractivity contribution is 0.572. The van der Waals surface area contributed by atoms with Gasteiger partial charge in [-0.3, -0.25) is 13.9 Å². The van der Waals surface area contributed by atoms with Gasteiger partial charge in [0, 0.05) is 50.0 Å². The van der Waals surface area contributed by atoms with Crippen molar-refractivity contribution in [2.75, 3.05) is 18.0 Å². The van der Waals surface area contributed by atoms with Crippen LogP contribution in [0.2, 0.25) is 0 Å². The van der Waals surface area contributed by atoms with Crippen LogP contribution in [0.25, 0.3) is 11.2 Å². The monoisotopic (exact) mass is 508 g/mol. The second-order valence-electron chi connectivity index (χ2n) is 10.2. The minimum absolute atomic E-state index is 0. The molecule has 1 unspecified atom stereocenters. The van der Waals surface area contributed by atoms with Gasteiger partial charge in [-0.2, -0.15) is 4.98 Å². The van der Waals surface area contributed by atoms with E-state index in [1.165, 1.54) is 15.8 Å². The summed E-state index contributed by atoms with van der Waals surface area (Å²) in [4.78, 5) is 34.8. The molecule has 36 heavy (non-hydrogen) atoms. The number of fused-ring (bicyclic) bond motifs is 2. The third-order valence-corrected chi connectivity index (χ3v) is 7.39. The highest BCUT2D eigenvalue weighted by Gasteiger charge is 2.36. The maximum absolute atomic E-state index is 13.9. The van der Waals surface area contributed by atoms with Crippen molar-refractivity contribution in [1.29, 1.82) is 0 Å². The molecule has 0 spiro atoms. The Kier molecular flexibility index (Phi) is 6.55. The highest BCUT2D eigenvalue weighted by atomic mass is 35.5. The van der Waals surface area contributed by atoms with Crippen molar-refractivity contribution >= 4 is 29.5 Å². The van der Waals surface area contributed by atoms with Gasteiger partial charge >= 0.3 is 5.69 Å². The molecule has 2 fully saturated rings. The molecule has 1 aliphatic carbocycles. The van der Waals surface area contributed by atoms with Crippen molar-refractivity contribution < 1.29 is 0 Å². The van der Waals surface area contributed by atoms with Crippen LogP contribution in [0, 0.1) is 5.92 Å². The van der Waals surface area contributed by atoms with Crippen molar-refractivity contribution in [3.8, 4) is 0 Å². The van der Waals surface area contributed by atoms with Crippen LogP contribution in [-0.2, 0) is 19.5 Å². The molecule has 0 bridgehead atoms. The Morgan fingerprint density at radius 3 is 2.61 bits per heavy atom. The molecule has 1 saturated carbocycles. The SMILES string of the molecule is CC(C)=CCn1c(N2CCC3CNC=C32)nc2c1c(=O)n(CCc1ccccc1)c(=O)n2C1CC1.Cl. The summed E-state index contributed by atoms with van der Waals surface area (Å²) in [6.07, 6.45) is 7.79. The first kappa shape index (κ1) is 24.4. The standard InChI is InChI=1S/C27H32N6O2.ClH/c1-18(2)10-13-31-23-24(29-26(31)30-15-12-20-16-28-17-22(20)30)33(21-8-9-21)27(35)32(25(23)34)14-11-19-6-4-3-5-7-19;/h3-7,10,17,20-21,28H,8-9,11-16H2,1-2H3;1H. The molecule has 6 rings (SSSR count). The first-order valence-electron chi connectivity index (χ1n) is 12.7. The van der Waals surface area contributed by atoms with E-state index in [0.717, 1.165) is 43.9 Å². The fraction of sp³-hybridized carbons (Fsp3) is 0.444. The molecule has 1 saturated heterocycles. The minimum atomic E-state index is -0.243. The van der Waals surface area contributed by atoms with Gasteiger partial charge in [-0.15, -0.1) is 12.4 Å². The van der Waals surface area contributed by atoms with Gasteiger partial charge in [0.15, 0.2) is 11.2 Å². The molecule has 2 aromatic heterocycles. The second kappa shape index (κ2) is 9.65. The summed E-state index contributed by atoms with van der Waals surface area (Å²) in [6.45, 7) is 6.84. The Hall–Kier alpha value is -3.26. The molecular formula is C27H33ClN6O2. The Bertz CT molecular complexity index is 1460. The number of hydrogen-bond acceptors (Lipinski definition) is 5. The molecule has 2 aliphatic heterocycles. The van der Waals surface area contributed by atoms with Gasteiger partial charge in [-0.25, -0.2) is 4.79 Å². The van der Waals surface area contributed by atoms with E-state index in [1.54, 1.807) is 4.57 Å². The molecule has 3 aliphatic rings. The molecule has 4 heterocycles. The maximum atomic E-state index is 13.9.